The van der Waals surface area contributed by atoms with Crippen LogP contribution in [0, 0.1) is 17.6 Å². The molecule has 0 spiro atoms. The van der Waals surface area contributed by atoms with Gasteiger partial charge in [0.15, 0.2) is 17.6 Å². The molecule has 0 fully saturated rings. The Bertz CT molecular complexity index is 443. The molecule has 18 heavy (non-hydrogen) atoms. The Morgan fingerprint density at radius 2 is 1.67 bits per heavy atom. The van der Waals surface area contributed by atoms with Crippen LogP contribution < -0.4 is 0 Å². The lowest BCUT2D eigenvalue weighted by Gasteiger charge is -2.12. The summed E-state index contributed by atoms with van der Waals surface area (Å²) >= 11 is 0. The smallest absolute Gasteiger partial charge is 0.320 e. The van der Waals surface area contributed by atoms with E-state index in [2.05, 4.69) is 9.47 Å². The van der Waals surface area contributed by atoms with Gasteiger partial charge in [-0.25, -0.2) is 8.78 Å². The zero-order valence-corrected chi connectivity index (χ0v) is 9.91. The molecule has 0 saturated carbocycles. The Morgan fingerprint density at radius 3 is 2.11 bits per heavy atom. The summed E-state index contributed by atoms with van der Waals surface area (Å²) in [6, 6.07) is 3.14. The number of carbonyl (C=O) groups excluding carboxylic acids is 2. The zero-order valence-electron chi connectivity index (χ0n) is 9.91. The summed E-state index contributed by atoms with van der Waals surface area (Å²) in [5.74, 6) is -4.80. The molecule has 98 valence electrons. The van der Waals surface area contributed by atoms with Gasteiger partial charge in [0.1, 0.15) is 0 Å². The molecule has 0 aliphatic heterocycles. The predicted octanol–water partition coefficient (Wildman–Crippen LogP) is 1.47. The van der Waals surface area contributed by atoms with Crippen molar-refractivity contribution in [2.24, 2.45) is 5.92 Å². The largest absolute Gasteiger partial charge is 0.468 e. The van der Waals surface area contributed by atoms with E-state index in [4.69, 9.17) is 0 Å². The number of hydrogen-bond acceptors (Lipinski definition) is 4. The van der Waals surface area contributed by atoms with Gasteiger partial charge in [0, 0.05) is 0 Å². The number of methoxy groups -OCH3 is 2. The molecule has 0 aliphatic carbocycles. The van der Waals surface area contributed by atoms with Crippen molar-refractivity contribution in [1.29, 1.82) is 0 Å². The summed E-state index contributed by atoms with van der Waals surface area (Å²) in [6.07, 6.45) is -0.115. The van der Waals surface area contributed by atoms with Crippen LogP contribution in [0.5, 0.6) is 0 Å². The van der Waals surface area contributed by atoms with Gasteiger partial charge in [-0.05, 0) is 24.1 Å². The maximum atomic E-state index is 13.0. The van der Waals surface area contributed by atoms with Gasteiger partial charge in [0.25, 0.3) is 0 Å². The first-order valence-electron chi connectivity index (χ1n) is 5.09. The molecule has 6 heteroatoms. The first kappa shape index (κ1) is 14.1. The zero-order chi connectivity index (χ0) is 13.7. The van der Waals surface area contributed by atoms with Gasteiger partial charge >= 0.3 is 11.9 Å². The number of benzene rings is 1. The van der Waals surface area contributed by atoms with Crippen molar-refractivity contribution in [3.63, 3.8) is 0 Å². The quantitative estimate of drug-likeness (QED) is 0.606. The minimum absolute atomic E-state index is 0.115. The van der Waals surface area contributed by atoms with Gasteiger partial charge in [-0.3, -0.25) is 9.59 Å². The minimum Gasteiger partial charge on any atom is -0.468 e. The average Bonchev–Trinajstić information content (AvgIpc) is 2.38. The molecule has 4 nitrogen and oxygen atoms in total. The van der Waals surface area contributed by atoms with E-state index in [0.29, 0.717) is 5.56 Å². The monoisotopic (exact) mass is 258 g/mol. The lowest BCUT2D eigenvalue weighted by Crippen LogP contribution is -2.28. The Morgan fingerprint density at radius 1 is 1.11 bits per heavy atom. The molecule has 1 aromatic rings. The summed E-state index contributed by atoms with van der Waals surface area (Å²) in [7, 11) is 2.26. The van der Waals surface area contributed by atoms with E-state index in [1.807, 2.05) is 0 Å². The Hall–Kier alpha value is -1.98. The van der Waals surface area contributed by atoms with Gasteiger partial charge < -0.3 is 9.47 Å². The normalized spacial score (nSPS) is 10.3. The van der Waals surface area contributed by atoms with E-state index in [1.165, 1.54) is 6.07 Å². The number of esters is 2. The minimum atomic E-state index is -1.19. The third kappa shape index (κ3) is 3.26. The highest BCUT2D eigenvalue weighted by Crippen LogP contribution is 2.15. The highest BCUT2D eigenvalue weighted by molar-refractivity contribution is 5.95. The number of ether oxygens (including phenoxy) is 2. The topological polar surface area (TPSA) is 52.6 Å². The summed E-state index contributed by atoms with van der Waals surface area (Å²) in [5, 5.41) is 0. The molecule has 1 rings (SSSR count). The maximum Gasteiger partial charge on any atom is 0.320 e. The highest BCUT2D eigenvalue weighted by Gasteiger charge is 2.29. The van der Waals surface area contributed by atoms with Crippen molar-refractivity contribution >= 4 is 11.9 Å². The van der Waals surface area contributed by atoms with Crippen molar-refractivity contribution in [3.8, 4) is 0 Å². The number of carbonyl (C=O) groups is 2. The molecule has 0 saturated heterocycles. The second-order valence-electron chi connectivity index (χ2n) is 3.55. The number of rotatable bonds is 4. The third-order valence-corrected chi connectivity index (χ3v) is 2.40. The van der Waals surface area contributed by atoms with Gasteiger partial charge in [-0.1, -0.05) is 6.07 Å². The Kier molecular flexibility index (Phi) is 4.76. The summed E-state index contributed by atoms with van der Waals surface area (Å²) in [4.78, 5) is 22.8. The van der Waals surface area contributed by atoms with Crippen molar-refractivity contribution in [2.75, 3.05) is 14.2 Å². The first-order chi connectivity index (χ1) is 8.49. The van der Waals surface area contributed by atoms with Crippen LogP contribution in [0.4, 0.5) is 8.78 Å². The van der Waals surface area contributed by atoms with E-state index in [-0.39, 0.29) is 6.42 Å². The van der Waals surface area contributed by atoms with E-state index in [9.17, 15) is 18.4 Å². The average molecular weight is 258 g/mol. The molecule has 0 radical (unpaired) electrons. The molecular formula is C12H12F2O4. The molecule has 0 atom stereocenters. The van der Waals surface area contributed by atoms with Gasteiger partial charge in [-0.2, -0.15) is 0 Å². The third-order valence-electron chi connectivity index (χ3n) is 2.40. The first-order valence-corrected chi connectivity index (χ1v) is 5.09. The number of hydrogen-bond donors (Lipinski definition) is 0. The molecule has 0 unspecified atom stereocenters. The lowest BCUT2D eigenvalue weighted by atomic mass is 9.99. The molecule has 0 N–H and O–H groups in total. The van der Waals surface area contributed by atoms with Gasteiger partial charge in [0.2, 0.25) is 0 Å². The van der Waals surface area contributed by atoms with Crippen molar-refractivity contribution in [1.82, 2.24) is 0 Å². The van der Waals surface area contributed by atoms with Crippen molar-refractivity contribution in [2.45, 2.75) is 6.42 Å². The highest BCUT2D eigenvalue weighted by atomic mass is 19.2. The van der Waals surface area contributed by atoms with Crippen LogP contribution in [0.2, 0.25) is 0 Å². The van der Waals surface area contributed by atoms with E-state index >= 15 is 0 Å². The molecule has 1 aromatic carbocycles. The van der Waals surface area contributed by atoms with Gasteiger partial charge in [-0.15, -0.1) is 0 Å². The fourth-order valence-corrected chi connectivity index (χ4v) is 1.45. The summed E-state index contributed by atoms with van der Waals surface area (Å²) < 4.78 is 34.6. The molecule has 0 aromatic heterocycles. The van der Waals surface area contributed by atoms with Crippen molar-refractivity contribution in [3.05, 3.63) is 35.4 Å². The standard InChI is InChI=1S/C12H12F2O4/c1-17-11(15)8(12(16)18-2)5-7-3-4-9(13)10(14)6-7/h3-4,6,8H,5H2,1-2H3. The Balaban J connectivity index is 2.92. The predicted molar refractivity (Wildman–Crippen MR) is 57.6 cm³/mol. The lowest BCUT2D eigenvalue weighted by molar-refractivity contribution is -0.158. The molecular weight excluding hydrogens is 246 g/mol. The van der Waals surface area contributed by atoms with E-state index in [1.54, 1.807) is 0 Å². The summed E-state index contributed by atoms with van der Waals surface area (Å²) in [6.45, 7) is 0. The van der Waals surface area contributed by atoms with Crippen LogP contribution in [0.15, 0.2) is 18.2 Å². The van der Waals surface area contributed by atoms with Crippen LogP contribution in [-0.4, -0.2) is 26.2 Å². The SMILES string of the molecule is COC(=O)C(Cc1ccc(F)c(F)c1)C(=O)OC. The molecule has 0 heterocycles. The van der Waals surface area contributed by atoms with Crippen LogP contribution in [-0.2, 0) is 25.5 Å². The molecule has 0 amide bonds. The Labute approximate surface area is 103 Å². The fourth-order valence-electron chi connectivity index (χ4n) is 1.45. The second-order valence-corrected chi connectivity index (χ2v) is 3.55. The van der Waals surface area contributed by atoms with Crippen LogP contribution in [0.25, 0.3) is 0 Å². The fraction of sp³-hybridized carbons (Fsp3) is 0.333. The van der Waals surface area contributed by atoms with Crippen molar-refractivity contribution < 1.29 is 27.8 Å². The number of halogens is 2. The van der Waals surface area contributed by atoms with Crippen LogP contribution in [0.3, 0.4) is 0 Å². The second kappa shape index (κ2) is 6.09. The van der Waals surface area contributed by atoms with E-state index < -0.39 is 29.5 Å². The molecule has 0 aliphatic rings. The van der Waals surface area contributed by atoms with Gasteiger partial charge in [0.05, 0.1) is 14.2 Å². The van der Waals surface area contributed by atoms with Crippen LogP contribution in [0.1, 0.15) is 5.56 Å². The maximum absolute atomic E-state index is 13.0. The molecule has 0 bridgehead atoms. The van der Waals surface area contributed by atoms with Crippen LogP contribution >= 0.6 is 0 Å². The van der Waals surface area contributed by atoms with E-state index in [0.717, 1.165) is 26.4 Å². The summed E-state index contributed by atoms with van der Waals surface area (Å²) in [5.41, 5.74) is 0.301.